The SMILES string of the molecule is Nc1nonc1-n1nnc(C(=O)N/N=C\c2cccnc2)c1CSC1=NCCS1. The van der Waals surface area contributed by atoms with E-state index in [1.54, 1.807) is 36.3 Å². The molecule has 0 bridgehead atoms. The Bertz CT molecular complexity index is 1060. The highest BCUT2D eigenvalue weighted by Gasteiger charge is 2.24. The molecule has 0 radical (unpaired) electrons. The van der Waals surface area contributed by atoms with Gasteiger partial charge in [-0.2, -0.15) is 9.78 Å². The summed E-state index contributed by atoms with van der Waals surface area (Å²) in [4.78, 5) is 21.0. The first-order valence-corrected chi connectivity index (χ1v) is 10.3. The van der Waals surface area contributed by atoms with Gasteiger partial charge < -0.3 is 5.73 Å². The van der Waals surface area contributed by atoms with Crippen LogP contribution >= 0.6 is 23.5 Å². The molecule has 4 rings (SSSR count). The average molecular weight is 430 g/mol. The smallest absolute Gasteiger partial charge is 0.293 e. The minimum absolute atomic E-state index is 0.0373. The average Bonchev–Trinajstić information content (AvgIpc) is 3.48. The predicted octanol–water partition coefficient (Wildman–Crippen LogP) is 0.727. The molecule has 1 aliphatic heterocycles. The Morgan fingerprint density at radius 1 is 1.48 bits per heavy atom. The second-order valence-electron chi connectivity index (χ2n) is 5.54. The Labute approximate surface area is 172 Å². The molecule has 0 atom stereocenters. The van der Waals surface area contributed by atoms with Gasteiger partial charge in [0.25, 0.3) is 5.91 Å². The van der Waals surface area contributed by atoms with Crippen LogP contribution in [0, 0.1) is 0 Å². The zero-order chi connectivity index (χ0) is 20.1. The van der Waals surface area contributed by atoms with Gasteiger partial charge in [0.1, 0.15) is 4.38 Å². The quantitative estimate of drug-likeness (QED) is 0.421. The van der Waals surface area contributed by atoms with Crippen molar-refractivity contribution in [1.29, 1.82) is 0 Å². The van der Waals surface area contributed by atoms with Crippen LogP contribution in [0.4, 0.5) is 5.82 Å². The number of nitrogens with two attached hydrogens (primary N) is 1. The van der Waals surface area contributed by atoms with Crippen LogP contribution in [0.3, 0.4) is 0 Å². The van der Waals surface area contributed by atoms with Crippen LogP contribution in [0.15, 0.2) is 39.2 Å². The van der Waals surface area contributed by atoms with E-state index < -0.39 is 5.91 Å². The number of rotatable bonds is 6. The fourth-order valence-corrected chi connectivity index (χ4v) is 4.32. The largest absolute Gasteiger partial charge is 0.378 e. The highest BCUT2D eigenvalue weighted by Crippen LogP contribution is 2.27. The van der Waals surface area contributed by atoms with Crippen molar-refractivity contribution in [2.45, 2.75) is 5.75 Å². The summed E-state index contributed by atoms with van der Waals surface area (Å²) >= 11 is 3.14. The monoisotopic (exact) mass is 430 g/mol. The maximum atomic E-state index is 12.6. The van der Waals surface area contributed by atoms with Crippen molar-refractivity contribution >= 4 is 45.8 Å². The maximum Gasteiger partial charge on any atom is 0.293 e. The first-order chi connectivity index (χ1) is 14.2. The maximum absolute atomic E-state index is 12.6. The normalized spacial score (nSPS) is 13.7. The Balaban J connectivity index is 1.56. The number of pyridine rings is 1. The Morgan fingerprint density at radius 3 is 3.14 bits per heavy atom. The summed E-state index contributed by atoms with van der Waals surface area (Å²) < 4.78 is 6.91. The molecule has 0 aliphatic carbocycles. The highest BCUT2D eigenvalue weighted by molar-refractivity contribution is 8.38. The molecule has 0 spiro atoms. The molecule has 0 aromatic carbocycles. The number of hydrazone groups is 1. The Kier molecular flexibility index (Phi) is 5.81. The number of thioether (sulfide) groups is 2. The summed E-state index contributed by atoms with van der Waals surface area (Å²) in [6.07, 6.45) is 4.75. The molecule has 1 amide bonds. The van der Waals surface area contributed by atoms with Crippen molar-refractivity contribution < 1.29 is 9.42 Å². The number of nitrogens with zero attached hydrogens (tertiary/aromatic N) is 8. The van der Waals surface area contributed by atoms with E-state index in [0.717, 1.165) is 22.2 Å². The summed E-state index contributed by atoms with van der Waals surface area (Å²) in [7, 11) is 0. The standard InChI is InChI=1S/C15H14N10O2S2/c16-12-13(23-27-22-12)25-10(8-29-15-18-4-5-28-15)11(20-24-25)14(26)21-19-7-9-2-1-3-17-6-9/h1-3,6-7H,4-5,8H2,(H2,16,22)(H,21,26)/b19-7-. The summed E-state index contributed by atoms with van der Waals surface area (Å²) in [6.45, 7) is 0.779. The molecule has 4 heterocycles. The summed E-state index contributed by atoms with van der Waals surface area (Å²) in [6, 6.07) is 3.57. The molecule has 1 aliphatic rings. The van der Waals surface area contributed by atoms with Gasteiger partial charge in [-0.05, 0) is 16.4 Å². The van der Waals surface area contributed by atoms with E-state index in [-0.39, 0.29) is 17.3 Å². The van der Waals surface area contributed by atoms with Gasteiger partial charge in [0, 0.05) is 29.5 Å². The number of nitrogen functional groups attached to an aromatic ring is 1. The van der Waals surface area contributed by atoms with E-state index in [2.05, 4.69) is 45.8 Å². The van der Waals surface area contributed by atoms with E-state index in [0.29, 0.717) is 11.4 Å². The predicted molar refractivity (Wildman–Crippen MR) is 109 cm³/mol. The van der Waals surface area contributed by atoms with E-state index in [4.69, 9.17) is 5.73 Å². The molecule has 3 aromatic rings. The number of hydrogen-bond acceptors (Lipinski definition) is 12. The van der Waals surface area contributed by atoms with Gasteiger partial charge in [0.15, 0.2) is 5.69 Å². The molecule has 12 nitrogen and oxygen atoms in total. The van der Waals surface area contributed by atoms with Crippen molar-refractivity contribution in [2.75, 3.05) is 18.0 Å². The van der Waals surface area contributed by atoms with Gasteiger partial charge in [-0.3, -0.25) is 14.8 Å². The van der Waals surface area contributed by atoms with Crippen LogP contribution in [-0.2, 0) is 5.75 Å². The van der Waals surface area contributed by atoms with Crippen LogP contribution in [0.2, 0.25) is 0 Å². The van der Waals surface area contributed by atoms with Crippen LogP contribution in [-0.4, -0.2) is 59.1 Å². The summed E-state index contributed by atoms with van der Waals surface area (Å²) in [5.74, 6) is 0.988. The number of amides is 1. The first kappa shape index (κ1) is 19.1. The van der Waals surface area contributed by atoms with Gasteiger partial charge in [-0.15, -0.1) is 5.10 Å². The van der Waals surface area contributed by atoms with Gasteiger partial charge in [0.05, 0.1) is 18.5 Å². The number of hydrogen-bond donors (Lipinski definition) is 2. The van der Waals surface area contributed by atoms with E-state index in [1.165, 1.54) is 22.7 Å². The lowest BCUT2D eigenvalue weighted by Gasteiger charge is -2.05. The van der Waals surface area contributed by atoms with Crippen molar-refractivity contribution in [3.63, 3.8) is 0 Å². The second-order valence-corrected chi connectivity index (χ2v) is 7.85. The fourth-order valence-electron chi connectivity index (χ4n) is 2.32. The van der Waals surface area contributed by atoms with Crippen LogP contribution in [0.1, 0.15) is 21.7 Å². The summed E-state index contributed by atoms with van der Waals surface area (Å²) in [5.41, 5.74) is 9.51. The number of aromatic nitrogens is 6. The fraction of sp³-hybridized carbons (Fsp3) is 0.200. The molecule has 0 fully saturated rings. The lowest BCUT2D eigenvalue weighted by Crippen LogP contribution is -2.20. The number of carbonyl (C=O) groups excluding carboxylic acids is 1. The molecule has 3 aromatic heterocycles. The van der Waals surface area contributed by atoms with Gasteiger partial charge >= 0.3 is 0 Å². The second kappa shape index (κ2) is 8.83. The molecule has 14 heteroatoms. The van der Waals surface area contributed by atoms with Crippen LogP contribution < -0.4 is 11.2 Å². The lowest BCUT2D eigenvalue weighted by molar-refractivity contribution is 0.0949. The molecule has 0 saturated carbocycles. The van der Waals surface area contributed by atoms with E-state index in [9.17, 15) is 4.79 Å². The topological polar surface area (TPSA) is 162 Å². The third-order valence-corrected chi connectivity index (χ3v) is 5.89. The third kappa shape index (κ3) is 4.43. The van der Waals surface area contributed by atoms with Gasteiger partial charge in [0.2, 0.25) is 11.6 Å². The molecule has 0 saturated heterocycles. The van der Waals surface area contributed by atoms with E-state index in [1.807, 2.05) is 0 Å². The highest BCUT2D eigenvalue weighted by atomic mass is 32.2. The van der Waals surface area contributed by atoms with Crippen molar-refractivity contribution in [1.82, 2.24) is 35.7 Å². The number of nitrogens with one attached hydrogen (secondary N) is 1. The van der Waals surface area contributed by atoms with Gasteiger partial charge in [-0.1, -0.05) is 34.8 Å². The number of anilines is 1. The number of carbonyl (C=O) groups is 1. The zero-order valence-electron chi connectivity index (χ0n) is 14.8. The zero-order valence-corrected chi connectivity index (χ0v) is 16.4. The minimum atomic E-state index is -0.525. The Hall–Kier alpha value is -3.26. The van der Waals surface area contributed by atoms with Crippen molar-refractivity contribution in [2.24, 2.45) is 10.1 Å². The van der Waals surface area contributed by atoms with Crippen LogP contribution in [0.5, 0.6) is 0 Å². The molecular formula is C15H14N10O2S2. The van der Waals surface area contributed by atoms with Crippen LogP contribution in [0.25, 0.3) is 5.82 Å². The molecular weight excluding hydrogens is 416 g/mol. The Morgan fingerprint density at radius 2 is 2.41 bits per heavy atom. The molecule has 0 unspecified atom stereocenters. The molecule has 3 N–H and O–H groups in total. The number of aliphatic imine (C=N–C) groups is 1. The third-order valence-electron chi connectivity index (χ3n) is 3.63. The lowest BCUT2D eigenvalue weighted by atomic mass is 10.3. The van der Waals surface area contributed by atoms with Gasteiger partial charge in [-0.25, -0.2) is 10.1 Å². The minimum Gasteiger partial charge on any atom is -0.378 e. The van der Waals surface area contributed by atoms with E-state index >= 15 is 0 Å². The molecule has 29 heavy (non-hydrogen) atoms. The summed E-state index contributed by atoms with van der Waals surface area (Å²) in [5, 5.41) is 19.2. The first-order valence-electron chi connectivity index (χ1n) is 8.29. The molecule has 148 valence electrons. The van der Waals surface area contributed by atoms with Crippen molar-refractivity contribution in [3.05, 3.63) is 41.5 Å². The van der Waals surface area contributed by atoms with Crippen molar-refractivity contribution in [3.8, 4) is 5.82 Å².